The molecule has 1 saturated heterocycles. The number of nitrogens with zero attached hydrogens (tertiary/aromatic N) is 1. The Bertz CT molecular complexity index is 666. The van der Waals surface area contributed by atoms with E-state index in [1.54, 1.807) is 4.90 Å². The van der Waals surface area contributed by atoms with Gasteiger partial charge in [0.1, 0.15) is 11.4 Å². The van der Waals surface area contributed by atoms with Crippen LogP contribution in [0.3, 0.4) is 0 Å². The third-order valence-corrected chi connectivity index (χ3v) is 5.80. The molecule has 1 fully saturated rings. The number of fused-ring (bicyclic) bond motifs is 1. The fourth-order valence-corrected chi connectivity index (χ4v) is 4.27. The molecule has 1 atom stereocenters. The average Bonchev–Trinajstić information content (AvgIpc) is 2.68. The summed E-state index contributed by atoms with van der Waals surface area (Å²) in [5, 5.41) is 6.21. The van der Waals surface area contributed by atoms with E-state index in [0.29, 0.717) is 19.5 Å². The molecule has 1 unspecified atom stereocenters. The number of hydrogen-bond acceptors (Lipinski definition) is 4. The molecule has 3 rings (SSSR count). The molecule has 6 heteroatoms. The maximum atomic E-state index is 12.6. The molecule has 0 aromatic heterocycles. The van der Waals surface area contributed by atoms with Gasteiger partial charge in [0.2, 0.25) is 11.8 Å². The number of piperidine rings is 1. The summed E-state index contributed by atoms with van der Waals surface area (Å²) in [7, 11) is 0. The molecule has 2 aliphatic heterocycles. The smallest absolute Gasteiger partial charge is 0.241 e. The van der Waals surface area contributed by atoms with E-state index in [4.69, 9.17) is 4.74 Å². The minimum atomic E-state index is -0.179. The molecule has 1 spiro atoms. The highest BCUT2D eigenvalue weighted by atomic mass is 16.5. The number of likely N-dealkylation sites (N-methyl/N-ethyl adjacent to an activating group) is 1. The molecular weight excluding hydrogens is 342 g/mol. The summed E-state index contributed by atoms with van der Waals surface area (Å²) in [6, 6.07) is 8.05. The van der Waals surface area contributed by atoms with Crippen molar-refractivity contribution in [3.63, 3.8) is 0 Å². The second-order valence-corrected chi connectivity index (χ2v) is 7.52. The first-order valence-electron chi connectivity index (χ1n) is 10.1. The van der Waals surface area contributed by atoms with Crippen LogP contribution in [-0.4, -0.2) is 55.0 Å². The highest BCUT2D eigenvalue weighted by Crippen LogP contribution is 2.45. The van der Waals surface area contributed by atoms with Crippen LogP contribution in [0.5, 0.6) is 5.75 Å². The predicted molar refractivity (Wildman–Crippen MR) is 105 cm³/mol. The first kappa shape index (κ1) is 19.7. The van der Waals surface area contributed by atoms with Gasteiger partial charge in [0.25, 0.3) is 0 Å². The van der Waals surface area contributed by atoms with Crippen LogP contribution in [0, 0.1) is 0 Å². The van der Waals surface area contributed by atoms with Crippen molar-refractivity contribution in [1.29, 1.82) is 0 Å². The van der Waals surface area contributed by atoms with Crippen molar-refractivity contribution in [3.05, 3.63) is 29.8 Å². The molecule has 6 nitrogen and oxygen atoms in total. The molecule has 27 heavy (non-hydrogen) atoms. The van der Waals surface area contributed by atoms with Crippen LogP contribution < -0.4 is 15.4 Å². The lowest BCUT2D eigenvalue weighted by Crippen LogP contribution is -2.49. The van der Waals surface area contributed by atoms with Gasteiger partial charge in [-0.1, -0.05) is 18.2 Å². The maximum absolute atomic E-state index is 12.6. The Hall–Kier alpha value is -2.08. The molecule has 1 aromatic rings. The number of rotatable bonds is 6. The van der Waals surface area contributed by atoms with Crippen LogP contribution in [0.1, 0.15) is 51.0 Å². The summed E-state index contributed by atoms with van der Waals surface area (Å²) >= 11 is 0. The zero-order valence-electron chi connectivity index (χ0n) is 16.4. The predicted octanol–water partition coefficient (Wildman–Crippen LogP) is 2.05. The molecule has 0 aliphatic carbocycles. The van der Waals surface area contributed by atoms with Crippen molar-refractivity contribution in [2.24, 2.45) is 0 Å². The second-order valence-electron chi connectivity index (χ2n) is 7.52. The number of para-hydroxylation sites is 1. The summed E-state index contributed by atoms with van der Waals surface area (Å²) < 4.78 is 6.40. The van der Waals surface area contributed by atoms with Gasteiger partial charge in [-0.25, -0.2) is 0 Å². The number of nitrogens with one attached hydrogen (secondary N) is 2. The first-order chi connectivity index (χ1) is 13.1. The lowest BCUT2D eigenvalue weighted by molar-refractivity contribution is -0.132. The maximum Gasteiger partial charge on any atom is 0.241 e. The zero-order chi connectivity index (χ0) is 19.3. The minimum absolute atomic E-state index is 0.0319. The topological polar surface area (TPSA) is 70.7 Å². The van der Waals surface area contributed by atoms with Gasteiger partial charge in [0.15, 0.2) is 0 Å². The van der Waals surface area contributed by atoms with Crippen molar-refractivity contribution in [3.8, 4) is 5.75 Å². The van der Waals surface area contributed by atoms with Gasteiger partial charge in [0, 0.05) is 25.4 Å². The summed E-state index contributed by atoms with van der Waals surface area (Å²) in [4.78, 5) is 26.4. The van der Waals surface area contributed by atoms with E-state index in [2.05, 4.69) is 16.7 Å². The van der Waals surface area contributed by atoms with E-state index in [0.717, 1.165) is 43.7 Å². The molecule has 2 heterocycles. The van der Waals surface area contributed by atoms with Gasteiger partial charge in [-0.05, 0) is 57.8 Å². The van der Waals surface area contributed by atoms with E-state index in [-0.39, 0.29) is 29.9 Å². The molecule has 2 amide bonds. The lowest BCUT2D eigenvalue weighted by atomic mass is 9.76. The fraction of sp³-hybridized carbons (Fsp3) is 0.619. The normalized spacial score (nSPS) is 20.4. The van der Waals surface area contributed by atoms with Crippen LogP contribution in [0.4, 0.5) is 0 Å². The number of hydrogen-bond donors (Lipinski definition) is 2. The Balaban J connectivity index is 1.66. The van der Waals surface area contributed by atoms with Crippen LogP contribution in [-0.2, 0) is 9.59 Å². The Morgan fingerprint density at radius 1 is 1.22 bits per heavy atom. The Morgan fingerprint density at radius 2 is 1.93 bits per heavy atom. The van der Waals surface area contributed by atoms with Gasteiger partial charge in [-0.3, -0.25) is 9.59 Å². The average molecular weight is 373 g/mol. The number of carbonyl (C=O) groups is 2. The molecule has 2 N–H and O–H groups in total. The SMILES string of the molecule is CCN(CC)C(=O)CNC(=O)CC1CC2(CCNCC2)Oc2ccccc21. The molecule has 2 aliphatic rings. The van der Waals surface area contributed by atoms with Crippen LogP contribution in [0.15, 0.2) is 24.3 Å². The standard InChI is InChI=1S/C21H31N3O3/c1-3-24(4-2)20(26)15-23-19(25)13-16-14-21(9-11-22-12-10-21)27-18-8-6-5-7-17(16)18/h5-8,16,22H,3-4,9-15H2,1-2H3,(H,23,25). The van der Waals surface area contributed by atoms with E-state index in [1.165, 1.54) is 0 Å². The second kappa shape index (κ2) is 8.74. The Morgan fingerprint density at radius 3 is 2.63 bits per heavy atom. The Kier molecular flexibility index (Phi) is 6.37. The summed E-state index contributed by atoms with van der Waals surface area (Å²) in [5.41, 5.74) is 0.925. The van der Waals surface area contributed by atoms with Crippen LogP contribution >= 0.6 is 0 Å². The molecule has 1 aromatic carbocycles. The van der Waals surface area contributed by atoms with E-state index in [1.807, 2.05) is 32.0 Å². The molecular formula is C21H31N3O3. The number of benzene rings is 1. The van der Waals surface area contributed by atoms with E-state index >= 15 is 0 Å². The monoisotopic (exact) mass is 373 g/mol. The van der Waals surface area contributed by atoms with Crippen molar-refractivity contribution in [2.45, 2.75) is 51.0 Å². The third-order valence-electron chi connectivity index (χ3n) is 5.80. The third kappa shape index (κ3) is 4.61. The zero-order valence-corrected chi connectivity index (χ0v) is 16.4. The van der Waals surface area contributed by atoms with Crippen molar-refractivity contribution < 1.29 is 14.3 Å². The molecule has 0 bridgehead atoms. The highest BCUT2D eigenvalue weighted by molar-refractivity contribution is 5.85. The van der Waals surface area contributed by atoms with Crippen LogP contribution in [0.2, 0.25) is 0 Å². The summed E-state index contributed by atoms with van der Waals surface area (Å²) in [5.74, 6) is 0.927. The molecule has 0 saturated carbocycles. The van der Waals surface area contributed by atoms with Gasteiger partial charge in [-0.2, -0.15) is 0 Å². The fourth-order valence-electron chi connectivity index (χ4n) is 4.27. The first-order valence-corrected chi connectivity index (χ1v) is 10.1. The molecule has 148 valence electrons. The van der Waals surface area contributed by atoms with Gasteiger partial charge >= 0.3 is 0 Å². The minimum Gasteiger partial charge on any atom is -0.487 e. The van der Waals surface area contributed by atoms with Crippen LogP contribution in [0.25, 0.3) is 0 Å². The number of ether oxygens (including phenoxy) is 1. The quantitative estimate of drug-likeness (QED) is 0.801. The van der Waals surface area contributed by atoms with Gasteiger partial charge < -0.3 is 20.3 Å². The Labute approximate surface area is 161 Å². The number of amides is 2. The number of carbonyl (C=O) groups excluding carboxylic acids is 2. The lowest BCUT2D eigenvalue weighted by Gasteiger charge is -2.44. The van der Waals surface area contributed by atoms with Crippen molar-refractivity contribution >= 4 is 11.8 Å². The van der Waals surface area contributed by atoms with Gasteiger partial charge in [0.05, 0.1) is 6.54 Å². The van der Waals surface area contributed by atoms with Gasteiger partial charge in [-0.15, -0.1) is 0 Å². The van der Waals surface area contributed by atoms with Crippen molar-refractivity contribution in [2.75, 3.05) is 32.7 Å². The summed E-state index contributed by atoms with van der Waals surface area (Å²) in [6.07, 6.45) is 3.16. The van der Waals surface area contributed by atoms with E-state index in [9.17, 15) is 9.59 Å². The van der Waals surface area contributed by atoms with Crippen molar-refractivity contribution in [1.82, 2.24) is 15.5 Å². The largest absolute Gasteiger partial charge is 0.487 e. The summed E-state index contributed by atoms with van der Waals surface area (Å²) in [6.45, 7) is 7.17. The van der Waals surface area contributed by atoms with E-state index < -0.39 is 0 Å². The highest BCUT2D eigenvalue weighted by Gasteiger charge is 2.42. The molecule has 0 radical (unpaired) electrons.